The lowest BCUT2D eigenvalue weighted by Crippen LogP contribution is -2.42. The van der Waals surface area contributed by atoms with Crippen LogP contribution in [0.1, 0.15) is 22.2 Å². The number of guanidine groups is 1. The normalized spacial score (nSPS) is 12.2. The molecule has 24 heavy (non-hydrogen) atoms. The third-order valence-corrected chi connectivity index (χ3v) is 4.53. The third-order valence-electron chi connectivity index (χ3n) is 3.50. The minimum absolute atomic E-state index is 0. The van der Waals surface area contributed by atoms with Gasteiger partial charge in [0.2, 0.25) is 0 Å². The summed E-state index contributed by atoms with van der Waals surface area (Å²) in [5.74, 6) is 1.68. The van der Waals surface area contributed by atoms with Gasteiger partial charge in [-0.25, -0.2) is 0 Å². The van der Waals surface area contributed by atoms with E-state index in [0.717, 1.165) is 23.7 Å². The Morgan fingerprint density at radius 2 is 2.08 bits per heavy atom. The van der Waals surface area contributed by atoms with Crippen LogP contribution in [0, 0.1) is 6.92 Å². The Morgan fingerprint density at radius 1 is 1.29 bits per heavy atom. The Labute approximate surface area is 165 Å². The lowest BCUT2D eigenvalue weighted by Gasteiger charge is -2.17. The van der Waals surface area contributed by atoms with E-state index < -0.39 is 0 Å². The first kappa shape index (κ1) is 20.8. The minimum Gasteiger partial charge on any atom is -0.497 e. The maximum Gasteiger partial charge on any atom is 0.191 e. The van der Waals surface area contributed by atoms with Crippen LogP contribution in [0.25, 0.3) is 0 Å². The molecule has 2 aromatic rings. The molecule has 0 amide bonds. The van der Waals surface area contributed by atoms with Crippen LogP contribution in [0.2, 0.25) is 0 Å². The van der Waals surface area contributed by atoms with Crippen molar-refractivity contribution < 1.29 is 4.74 Å². The van der Waals surface area contributed by atoms with E-state index in [4.69, 9.17) is 4.74 Å². The van der Waals surface area contributed by atoms with Gasteiger partial charge in [-0.2, -0.15) is 0 Å². The zero-order valence-corrected chi connectivity index (χ0v) is 17.8. The number of nitrogens with one attached hydrogen (secondary N) is 2. The number of methoxy groups -OCH3 is 1. The SMILES string of the molecule is CN=C(NCc1cccc(OC)c1)NC(C)Cc1ccc(C)s1.I. The highest BCUT2D eigenvalue weighted by atomic mass is 127. The number of rotatable bonds is 6. The predicted octanol–water partition coefficient (Wildman–Crippen LogP) is 3.98. The van der Waals surface area contributed by atoms with E-state index in [-0.39, 0.29) is 24.0 Å². The number of aryl methyl sites for hydroxylation is 1. The lowest BCUT2D eigenvalue weighted by molar-refractivity contribution is 0.414. The number of ether oxygens (including phenoxy) is 1. The van der Waals surface area contributed by atoms with Crippen LogP contribution in [0.5, 0.6) is 5.75 Å². The quantitative estimate of drug-likeness (QED) is 0.390. The number of hydrogen-bond donors (Lipinski definition) is 2. The molecular formula is C18H26IN3OS. The van der Waals surface area contributed by atoms with E-state index >= 15 is 0 Å². The molecule has 0 aliphatic carbocycles. The molecule has 132 valence electrons. The summed E-state index contributed by atoms with van der Waals surface area (Å²) in [5.41, 5.74) is 1.16. The van der Waals surface area contributed by atoms with Crippen molar-refractivity contribution in [3.05, 3.63) is 51.7 Å². The topological polar surface area (TPSA) is 45.7 Å². The second-order valence-electron chi connectivity index (χ2n) is 5.54. The molecule has 1 atom stereocenters. The fourth-order valence-corrected chi connectivity index (χ4v) is 3.36. The molecule has 1 heterocycles. The zero-order valence-electron chi connectivity index (χ0n) is 14.6. The first-order chi connectivity index (χ1) is 11.1. The number of aliphatic imine (C=N–C) groups is 1. The molecule has 0 bridgehead atoms. The molecule has 2 N–H and O–H groups in total. The molecule has 0 spiro atoms. The van der Waals surface area contributed by atoms with Gasteiger partial charge in [0.15, 0.2) is 5.96 Å². The monoisotopic (exact) mass is 459 g/mol. The van der Waals surface area contributed by atoms with E-state index in [1.807, 2.05) is 29.5 Å². The van der Waals surface area contributed by atoms with Crippen molar-refractivity contribution >= 4 is 41.3 Å². The third kappa shape index (κ3) is 6.68. The molecule has 0 saturated heterocycles. The van der Waals surface area contributed by atoms with Gasteiger partial charge in [-0.15, -0.1) is 35.3 Å². The van der Waals surface area contributed by atoms with Gasteiger partial charge in [0, 0.05) is 35.8 Å². The Morgan fingerprint density at radius 3 is 2.71 bits per heavy atom. The minimum atomic E-state index is 0. The Hall–Kier alpha value is -1.28. The predicted molar refractivity (Wildman–Crippen MR) is 114 cm³/mol. The smallest absolute Gasteiger partial charge is 0.191 e. The summed E-state index contributed by atoms with van der Waals surface area (Å²) in [6, 6.07) is 12.7. The lowest BCUT2D eigenvalue weighted by atomic mass is 10.2. The molecule has 1 unspecified atom stereocenters. The van der Waals surface area contributed by atoms with E-state index in [1.165, 1.54) is 9.75 Å². The zero-order chi connectivity index (χ0) is 16.7. The van der Waals surface area contributed by atoms with Crippen molar-refractivity contribution in [2.75, 3.05) is 14.2 Å². The van der Waals surface area contributed by atoms with Crippen LogP contribution in [0.4, 0.5) is 0 Å². The molecule has 2 rings (SSSR count). The van der Waals surface area contributed by atoms with E-state index in [1.54, 1.807) is 14.2 Å². The largest absolute Gasteiger partial charge is 0.497 e. The summed E-state index contributed by atoms with van der Waals surface area (Å²) in [7, 11) is 3.48. The van der Waals surface area contributed by atoms with E-state index in [9.17, 15) is 0 Å². The number of hydrogen-bond acceptors (Lipinski definition) is 3. The molecule has 4 nitrogen and oxygen atoms in total. The highest BCUT2D eigenvalue weighted by molar-refractivity contribution is 14.0. The number of nitrogens with zero attached hydrogens (tertiary/aromatic N) is 1. The summed E-state index contributed by atoms with van der Waals surface area (Å²) in [4.78, 5) is 7.05. The van der Waals surface area contributed by atoms with Crippen molar-refractivity contribution in [3.63, 3.8) is 0 Å². The summed E-state index contributed by atoms with van der Waals surface area (Å²) in [6.45, 7) is 5.02. The van der Waals surface area contributed by atoms with Crippen molar-refractivity contribution in [2.24, 2.45) is 4.99 Å². The maximum atomic E-state index is 5.25. The second kappa shape index (κ2) is 10.6. The summed E-state index contributed by atoms with van der Waals surface area (Å²) < 4.78 is 5.25. The molecule has 0 radical (unpaired) electrons. The van der Waals surface area contributed by atoms with Gasteiger partial charge in [0.05, 0.1) is 7.11 Å². The second-order valence-corrected chi connectivity index (χ2v) is 6.91. The molecule has 1 aromatic carbocycles. The average Bonchev–Trinajstić information content (AvgIpc) is 2.96. The van der Waals surface area contributed by atoms with Crippen molar-refractivity contribution in [2.45, 2.75) is 32.9 Å². The molecule has 0 fully saturated rings. The van der Waals surface area contributed by atoms with Gasteiger partial charge in [-0.05, 0) is 43.7 Å². The van der Waals surface area contributed by atoms with Crippen LogP contribution in [0.15, 0.2) is 41.4 Å². The molecule has 0 saturated carbocycles. The first-order valence-electron chi connectivity index (χ1n) is 7.76. The van der Waals surface area contributed by atoms with Gasteiger partial charge >= 0.3 is 0 Å². The van der Waals surface area contributed by atoms with Gasteiger partial charge in [-0.3, -0.25) is 4.99 Å². The maximum absolute atomic E-state index is 5.25. The van der Waals surface area contributed by atoms with E-state index in [2.05, 4.69) is 47.7 Å². The first-order valence-corrected chi connectivity index (χ1v) is 8.57. The van der Waals surface area contributed by atoms with Crippen LogP contribution in [-0.2, 0) is 13.0 Å². The molecular weight excluding hydrogens is 433 g/mol. The highest BCUT2D eigenvalue weighted by Gasteiger charge is 2.08. The van der Waals surface area contributed by atoms with Crippen LogP contribution < -0.4 is 15.4 Å². The summed E-state index contributed by atoms with van der Waals surface area (Å²) in [5, 5.41) is 6.78. The van der Waals surface area contributed by atoms with Crippen LogP contribution in [0.3, 0.4) is 0 Å². The number of halogens is 1. The molecule has 0 aliphatic heterocycles. The van der Waals surface area contributed by atoms with Gasteiger partial charge in [0.25, 0.3) is 0 Å². The Kier molecular flexibility index (Phi) is 9.13. The Balaban J connectivity index is 0.00000288. The standard InChI is InChI=1S/C18H25N3OS.HI/c1-13(10-17-9-8-14(2)23-17)21-18(19-3)20-12-15-6-5-7-16(11-15)22-4;/h5-9,11,13H,10,12H2,1-4H3,(H2,19,20,21);1H. The fourth-order valence-electron chi connectivity index (χ4n) is 2.34. The van der Waals surface area contributed by atoms with Gasteiger partial charge < -0.3 is 15.4 Å². The summed E-state index contributed by atoms with van der Waals surface area (Å²) >= 11 is 1.85. The van der Waals surface area contributed by atoms with Gasteiger partial charge in [0.1, 0.15) is 5.75 Å². The molecule has 6 heteroatoms. The average molecular weight is 459 g/mol. The van der Waals surface area contributed by atoms with Crippen molar-refractivity contribution in [3.8, 4) is 5.75 Å². The van der Waals surface area contributed by atoms with Gasteiger partial charge in [-0.1, -0.05) is 12.1 Å². The van der Waals surface area contributed by atoms with Crippen LogP contribution >= 0.6 is 35.3 Å². The molecule has 0 aliphatic rings. The highest BCUT2D eigenvalue weighted by Crippen LogP contribution is 2.16. The fraction of sp³-hybridized carbons (Fsp3) is 0.389. The van der Waals surface area contributed by atoms with Crippen molar-refractivity contribution in [1.29, 1.82) is 0 Å². The van der Waals surface area contributed by atoms with Crippen molar-refractivity contribution in [1.82, 2.24) is 10.6 Å². The summed E-state index contributed by atoms with van der Waals surface area (Å²) in [6.07, 6.45) is 0.998. The number of benzene rings is 1. The number of thiophene rings is 1. The molecule has 1 aromatic heterocycles. The Bertz CT molecular complexity index is 657. The van der Waals surface area contributed by atoms with Crippen LogP contribution in [-0.4, -0.2) is 26.2 Å². The van der Waals surface area contributed by atoms with E-state index in [0.29, 0.717) is 12.6 Å².